The lowest BCUT2D eigenvalue weighted by Gasteiger charge is -2.30. The molecule has 10 heteroatoms. The highest BCUT2D eigenvalue weighted by Crippen LogP contribution is 2.46. The van der Waals surface area contributed by atoms with E-state index in [0.29, 0.717) is 45.2 Å². The first-order chi connectivity index (χ1) is 19.7. The van der Waals surface area contributed by atoms with Gasteiger partial charge in [0.2, 0.25) is 5.91 Å². The molecule has 9 nitrogen and oxygen atoms in total. The fourth-order valence-electron chi connectivity index (χ4n) is 6.76. The van der Waals surface area contributed by atoms with Gasteiger partial charge in [-0.05, 0) is 48.4 Å². The summed E-state index contributed by atoms with van der Waals surface area (Å²) >= 11 is 0. The third-order valence-electron chi connectivity index (χ3n) is 8.90. The van der Waals surface area contributed by atoms with E-state index >= 15 is 0 Å². The molecule has 2 aromatic carbocycles. The van der Waals surface area contributed by atoms with E-state index in [9.17, 15) is 18.0 Å². The van der Waals surface area contributed by atoms with E-state index in [1.807, 2.05) is 17.0 Å². The molecule has 2 aliphatic heterocycles. The second-order valence-electron chi connectivity index (χ2n) is 11.7. The van der Waals surface area contributed by atoms with Crippen molar-refractivity contribution in [3.63, 3.8) is 0 Å². The van der Waals surface area contributed by atoms with Gasteiger partial charge in [-0.2, -0.15) is 12.7 Å². The third kappa shape index (κ3) is 5.29. The van der Waals surface area contributed by atoms with Crippen LogP contribution in [0.1, 0.15) is 59.5 Å². The maximum absolute atomic E-state index is 13.9. The number of amides is 2. The predicted octanol–water partition coefficient (Wildman–Crippen LogP) is 3.92. The molecular weight excluding hydrogens is 540 g/mol. The summed E-state index contributed by atoms with van der Waals surface area (Å²) in [6.07, 6.45) is 6.45. The van der Waals surface area contributed by atoms with Crippen molar-refractivity contribution in [1.29, 1.82) is 0 Å². The molecule has 2 amide bonds. The molecule has 1 saturated heterocycles. The number of hydrogen-bond donors (Lipinski definition) is 1. The molecule has 41 heavy (non-hydrogen) atoms. The summed E-state index contributed by atoms with van der Waals surface area (Å²) < 4.78 is 35.7. The van der Waals surface area contributed by atoms with Gasteiger partial charge in [0.15, 0.2) is 0 Å². The highest BCUT2D eigenvalue weighted by atomic mass is 32.2. The van der Waals surface area contributed by atoms with Gasteiger partial charge in [0.05, 0.1) is 24.8 Å². The Morgan fingerprint density at radius 3 is 2.46 bits per heavy atom. The second-order valence-corrected chi connectivity index (χ2v) is 13.5. The zero-order chi connectivity index (χ0) is 28.7. The van der Waals surface area contributed by atoms with E-state index in [2.05, 4.69) is 27.5 Å². The number of rotatable bonds is 5. The highest BCUT2D eigenvalue weighted by Gasteiger charge is 2.35. The van der Waals surface area contributed by atoms with Gasteiger partial charge in [-0.15, -0.1) is 0 Å². The minimum Gasteiger partial charge on any atom is -0.378 e. The molecule has 6 rings (SSSR count). The van der Waals surface area contributed by atoms with E-state index in [-0.39, 0.29) is 17.4 Å². The Morgan fingerprint density at radius 2 is 1.73 bits per heavy atom. The van der Waals surface area contributed by atoms with Crippen molar-refractivity contribution >= 4 is 32.9 Å². The quantitative estimate of drug-likeness (QED) is 0.495. The van der Waals surface area contributed by atoms with Crippen LogP contribution in [0.5, 0.6) is 0 Å². The minimum absolute atomic E-state index is 0.128. The first-order valence-electron chi connectivity index (χ1n) is 14.6. The lowest BCUT2D eigenvalue weighted by molar-refractivity contribution is -0.140. The van der Waals surface area contributed by atoms with E-state index in [0.717, 1.165) is 44.9 Å². The minimum atomic E-state index is -3.94. The fraction of sp³-hybridized carbons (Fsp3) is 0.484. The van der Waals surface area contributed by atoms with Crippen LogP contribution in [0.2, 0.25) is 0 Å². The van der Waals surface area contributed by atoms with Gasteiger partial charge in [-0.3, -0.25) is 9.59 Å². The molecule has 3 aliphatic rings. The number of ether oxygens (including phenoxy) is 1. The second kappa shape index (κ2) is 11.2. The molecule has 1 aliphatic carbocycles. The summed E-state index contributed by atoms with van der Waals surface area (Å²) in [6.45, 7) is 2.77. The van der Waals surface area contributed by atoms with Crippen molar-refractivity contribution in [2.45, 2.75) is 51.0 Å². The summed E-state index contributed by atoms with van der Waals surface area (Å²) in [5, 5.41) is 1.08. The Kier molecular flexibility index (Phi) is 7.65. The maximum atomic E-state index is 13.9. The molecule has 1 saturated carbocycles. The third-order valence-corrected chi connectivity index (χ3v) is 10.3. The summed E-state index contributed by atoms with van der Waals surface area (Å²) in [5.74, 6) is -0.430. The molecule has 218 valence electrons. The van der Waals surface area contributed by atoms with Crippen LogP contribution in [0.3, 0.4) is 0 Å². The van der Waals surface area contributed by atoms with Crippen LogP contribution in [0, 0.1) is 5.92 Å². The van der Waals surface area contributed by atoms with Crippen molar-refractivity contribution in [1.82, 2.24) is 18.5 Å². The van der Waals surface area contributed by atoms with Gasteiger partial charge < -0.3 is 14.2 Å². The molecular formula is C31H38N4O5S. The number of nitrogens with one attached hydrogen (secondary N) is 1. The van der Waals surface area contributed by atoms with Crippen LogP contribution < -0.4 is 4.72 Å². The fourth-order valence-corrected chi connectivity index (χ4v) is 7.29. The average molecular weight is 579 g/mol. The number of nitrogens with zero attached hydrogens (tertiary/aromatic N) is 3. The molecule has 0 unspecified atom stereocenters. The lowest BCUT2D eigenvalue weighted by Crippen LogP contribution is -2.45. The maximum Gasteiger partial charge on any atom is 0.303 e. The van der Waals surface area contributed by atoms with Crippen molar-refractivity contribution in [2.24, 2.45) is 5.92 Å². The van der Waals surface area contributed by atoms with Crippen molar-refractivity contribution in [2.75, 3.05) is 40.4 Å². The Morgan fingerprint density at radius 1 is 1.00 bits per heavy atom. The van der Waals surface area contributed by atoms with Crippen LogP contribution >= 0.6 is 0 Å². The van der Waals surface area contributed by atoms with Gasteiger partial charge >= 0.3 is 10.2 Å². The van der Waals surface area contributed by atoms with Gasteiger partial charge in [0.25, 0.3) is 5.91 Å². The van der Waals surface area contributed by atoms with E-state index in [4.69, 9.17) is 4.74 Å². The number of benzene rings is 2. The zero-order valence-corrected chi connectivity index (χ0v) is 24.6. The van der Waals surface area contributed by atoms with Crippen molar-refractivity contribution in [3.8, 4) is 11.3 Å². The SMILES string of the molecule is CN(C)S(=O)(=O)NC(=O)c1ccc2c(C3CCCCC3)c3n(c2c1)C[C@H](C(=O)N1CCOCC1)Cc1ccccc1-3. The van der Waals surface area contributed by atoms with Crippen LogP contribution in [-0.4, -0.2) is 74.4 Å². The normalized spacial score (nSPS) is 20.0. The van der Waals surface area contributed by atoms with Gasteiger partial charge in [0, 0.05) is 55.8 Å². The molecule has 1 aromatic heterocycles. The van der Waals surface area contributed by atoms with Crippen molar-refractivity contribution in [3.05, 3.63) is 59.2 Å². The van der Waals surface area contributed by atoms with Crippen molar-refractivity contribution < 1.29 is 22.7 Å². The molecule has 0 bridgehead atoms. The molecule has 0 spiro atoms. The van der Waals surface area contributed by atoms with Crippen LogP contribution in [-0.2, 0) is 32.7 Å². The number of morpholine rings is 1. The smallest absolute Gasteiger partial charge is 0.303 e. The Hall–Kier alpha value is -3.21. The largest absolute Gasteiger partial charge is 0.378 e. The lowest BCUT2D eigenvalue weighted by atomic mass is 9.81. The monoisotopic (exact) mass is 578 g/mol. The van der Waals surface area contributed by atoms with Gasteiger partial charge in [0.1, 0.15) is 0 Å². The number of fused-ring (bicyclic) bond motifs is 5. The molecule has 3 heterocycles. The summed E-state index contributed by atoms with van der Waals surface area (Å²) in [6, 6.07) is 13.9. The Balaban J connectivity index is 1.52. The van der Waals surface area contributed by atoms with Crippen LogP contribution in [0.4, 0.5) is 0 Å². The first kappa shape index (κ1) is 27.9. The molecule has 1 N–H and O–H groups in total. The van der Waals surface area contributed by atoms with Crippen LogP contribution in [0.15, 0.2) is 42.5 Å². The zero-order valence-electron chi connectivity index (χ0n) is 23.8. The predicted molar refractivity (Wildman–Crippen MR) is 158 cm³/mol. The van der Waals surface area contributed by atoms with E-state index < -0.39 is 16.1 Å². The topological polar surface area (TPSA) is 101 Å². The standard InChI is InChI=1S/C31H38N4O5S/c1-33(2)41(38,39)32-30(36)23-12-13-26-27(19-23)35-20-24(31(37)34-14-16-40-17-15-34)18-22-10-6-7-11-25(22)29(35)28(26)21-8-4-3-5-9-21/h6-7,10-13,19,21,24H,3-5,8-9,14-18,20H2,1-2H3,(H,32,36)/t24-/m1/s1. The summed E-state index contributed by atoms with van der Waals surface area (Å²) in [7, 11) is -1.18. The molecule has 3 aromatic rings. The van der Waals surface area contributed by atoms with Gasteiger partial charge in [-0.1, -0.05) is 49.6 Å². The Bertz CT molecular complexity index is 1580. The van der Waals surface area contributed by atoms with E-state index in [1.54, 1.807) is 12.1 Å². The first-order valence-corrected chi connectivity index (χ1v) is 16.0. The highest BCUT2D eigenvalue weighted by molar-refractivity contribution is 7.87. The number of aromatic nitrogens is 1. The number of carbonyl (C=O) groups excluding carboxylic acids is 2. The Labute approximate surface area is 241 Å². The van der Waals surface area contributed by atoms with Crippen LogP contribution in [0.25, 0.3) is 22.2 Å². The summed E-state index contributed by atoms with van der Waals surface area (Å²) in [5.41, 5.74) is 5.87. The number of carbonyl (C=O) groups is 2. The molecule has 0 radical (unpaired) electrons. The van der Waals surface area contributed by atoms with E-state index in [1.165, 1.54) is 38.9 Å². The average Bonchev–Trinajstić information content (AvgIpc) is 3.19. The molecule has 1 atom stereocenters. The van der Waals surface area contributed by atoms with Gasteiger partial charge in [-0.25, -0.2) is 4.72 Å². The molecule has 2 fully saturated rings. The summed E-state index contributed by atoms with van der Waals surface area (Å²) in [4.78, 5) is 28.9. The number of hydrogen-bond acceptors (Lipinski definition) is 5.